The summed E-state index contributed by atoms with van der Waals surface area (Å²) in [6.45, 7) is 5.98. The van der Waals surface area contributed by atoms with Gasteiger partial charge in [-0.05, 0) is 87.5 Å². The first-order valence-corrected chi connectivity index (χ1v) is 11.8. The molecule has 32 heavy (non-hydrogen) atoms. The summed E-state index contributed by atoms with van der Waals surface area (Å²) in [4.78, 5) is 8.90. The first-order valence-electron chi connectivity index (χ1n) is 11.8. The molecule has 5 nitrogen and oxygen atoms in total. The maximum Gasteiger partial charge on any atom is 0.243 e. The molecule has 0 radical (unpaired) electrons. The lowest BCUT2D eigenvalue weighted by Crippen LogP contribution is -2.47. The van der Waals surface area contributed by atoms with E-state index in [0.29, 0.717) is 29.6 Å². The van der Waals surface area contributed by atoms with E-state index in [-0.39, 0.29) is 5.92 Å². The third kappa shape index (κ3) is 4.06. The number of nitrogens with zero attached hydrogens (tertiary/aromatic N) is 4. The second kappa shape index (κ2) is 8.92. The van der Waals surface area contributed by atoms with Gasteiger partial charge in [0.2, 0.25) is 6.43 Å². The first-order chi connectivity index (χ1) is 15.6. The zero-order valence-electron chi connectivity index (χ0n) is 18.4. The highest BCUT2D eigenvalue weighted by Crippen LogP contribution is 2.41. The molecule has 1 aromatic carbocycles. The van der Waals surface area contributed by atoms with Crippen LogP contribution in [0.5, 0.6) is 0 Å². The van der Waals surface area contributed by atoms with Crippen molar-refractivity contribution >= 4 is 16.6 Å². The van der Waals surface area contributed by atoms with Crippen LogP contribution in [-0.4, -0.2) is 62.1 Å². The van der Waals surface area contributed by atoms with Gasteiger partial charge in [-0.1, -0.05) is 0 Å². The number of alkyl halides is 2. The minimum absolute atomic E-state index is 0.0561. The smallest absolute Gasteiger partial charge is 0.243 e. The molecule has 7 heteroatoms. The molecule has 2 aromatic rings. The maximum atomic E-state index is 14.0. The molecule has 1 spiro atoms. The van der Waals surface area contributed by atoms with Gasteiger partial charge in [-0.2, -0.15) is 5.26 Å². The molecule has 0 aliphatic carbocycles. The van der Waals surface area contributed by atoms with Crippen LogP contribution in [0.1, 0.15) is 31.2 Å². The number of likely N-dealkylation sites (tertiary alicyclic amines) is 1. The molecule has 1 N–H and O–H groups in total. The van der Waals surface area contributed by atoms with E-state index in [1.165, 1.54) is 25.7 Å². The van der Waals surface area contributed by atoms with Crippen molar-refractivity contribution < 1.29 is 8.78 Å². The Balaban J connectivity index is 1.31. The Kier molecular flexibility index (Phi) is 6.00. The fourth-order valence-corrected chi connectivity index (χ4v) is 6.09. The van der Waals surface area contributed by atoms with Crippen LogP contribution in [0, 0.1) is 28.6 Å². The molecule has 1 aromatic heterocycles. The highest BCUT2D eigenvalue weighted by molar-refractivity contribution is 5.95. The SMILES string of the molecule is N#Cc1ccc(N2C[C@H](CN3CCC4(CCNCC4)CC3)[C@@H](C(F)F)C2)c2cccnc12. The van der Waals surface area contributed by atoms with Crippen LogP contribution in [0.2, 0.25) is 0 Å². The van der Waals surface area contributed by atoms with E-state index in [4.69, 9.17) is 0 Å². The topological polar surface area (TPSA) is 55.2 Å². The molecule has 3 aliphatic rings. The molecular formula is C25H31F2N5. The summed E-state index contributed by atoms with van der Waals surface area (Å²) in [5, 5.41) is 13.7. The molecule has 3 aliphatic heterocycles. The number of piperidine rings is 2. The van der Waals surface area contributed by atoms with E-state index in [1.54, 1.807) is 12.3 Å². The highest BCUT2D eigenvalue weighted by Gasteiger charge is 2.42. The lowest BCUT2D eigenvalue weighted by Gasteiger charge is -2.45. The molecule has 170 valence electrons. The molecule has 0 amide bonds. The number of anilines is 1. The van der Waals surface area contributed by atoms with Crippen molar-refractivity contribution in [2.24, 2.45) is 17.3 Å². The van der Waals surface area contributed by atoms with Gasteiger partial charge < -0.3 is 15.1 Å². The molecular weight excluding hydrogens is 408 g/mol. The molecule has 2 atom stereocenters. The average molecular weight is 440 g/mol. The van der Waals surface area contributed by atoms with Crippen molar-refractivity contribution in [1.29, 1.82) is 5.26 Å². The number of benzene rings is 1. The second-order valence-corrected chi connectivity index (χ2v) is 9.86. The summed E-state index contributed by atoms with van der Waals surface area (Å²) in [5.74, 6) is -0.688. The summed E-state index contributed by atoms with van der Waals surface area (Å²) in [6.07, 6.45) is 4.22. The second-order valence-electron chi connectivity index (χ2n) is 9.86. The third-order valence-electron chi connectivity index (χ3n) is 8.10. The van der Waals surface area contributed by atoms with Crippen molar-refractivity contribution in [1.82, 2.24) is 15.2 Å². The highest BCUT2D eigenvalue weighted by atomic mass is 19.3. The van der Waals surface area contributed by atoms with E-state index in [2.05, 4.69) is 26.2 Å². The van der Waals surface area contributed by atoms with Crippen LogP contribution in [-0.2, 0) is 0 Å². The van der Waals surface area contributed by atoms with E-state index in [0.717, 1.165) is 43.8 Å². The van der Waals surface area contributed by atoms with Crippen molar-refractivity contribution in [3.05, 3.63) is 36.0 Å². The predicted molar refractivity (Wildman–Crippen MR) is 122 cm³/mol. The first kappa shape index (κ1) is 21.5. The quantitative estimate of drug-likeness (QED) is 0.783. The largest absolute Gasteiger partial charge is 0.370 e. The summed E-state index contributed by atoms with van der Waals surface area (Å²) >= 11 is 0. The maximum absolute atomic E-state index is 14.0. The monoisotopic (exact) mass is 439 g/mol. The van der Waals surface area contributed by atoms with Gasteiger partial charge in [0.25, 0.3) is 0 Å². The van der Waals surface area contributed by atoms with Gasteiger partial charge in [-0.3, -0.25) is 4.98 Å². The summed E-state index contributed by atoms with van der Waals surface area (Å²) < 4.78 is 28.1. The van der Waals surface area contributed by atoms with Crippen LogP contribution < -0.4 is 10.2 Å². The average Bonchev–Trinajstić information content (AvgIpc) is 3.24. The van der Waals surface area contributed by atoms with E-state index < -0.39 is 12.3 Å². The standard InChI is InChI=1S/C25H31F2N5/c26-24(27)21-17-32(22-4-3-18(14-28)23-20(22)2-1-9-30-23)16-19(21)15-31-12-7-25(8-13-31)5-10-29-11-6-25/h1-4,9,19,21,24,29H,5-8,10-13,15-17H2/t19-,21-/m0/s1. The summed E-state index contributed by atoms with van der Waals surface area (Å²) in [6, 6.07) is 9.63. The Bertz CT molecular complexity index is 987. The minimum atomic E-state index is -2.33. The number of aromatic nitrogens is 1. The summed E-state index contributed by atoms with van der Waals surface area (Å²) in [5.41, 5.74) is 2.55. The molecule has 4 heterocycles. The van der Waals surface area contributed by atoms with Gasteiger partial charge in [-0.25, -0.2) is 8.78 Å². The number of nitriles is 1. The molecule has 3 saturated heterocycles. The van der Waals surface area contributed by atoms with Gasteiger partial charge >= 0.3 is 0 Å². The third-order valence-corrected chi connectivity index (χ3v) is 8.10. The van der Waals surface area contributed by atoms with Gasteiger partial charge in [-0.15, -0.1) is 0 Å². The Labute approximate surface area is 188 Å². The van der Waals surface area contributed by atoms with Crippen LogP contribution >= 0.6 is 0 Å². The zero-order valence-corrected chi connectivity index (χ0v) is 18.4. The molecule has 0 bridgehead atoms. The molecule has 0 saturated carbocycles. The van der Waals surface area contributed by atoms with Crippen LogP contribution in [0.3, 0.4) is 0 Å². The molecule has 5 rings (SSSR count). The van der Waals surface area contributed by atoms with Crippen molar-refractivity contribution in [3.8, 4) is 6.07 Å². The van der Waals surface area contributed by atoms with Crippen LogP contribution in [0.25, 0.3) is 10.9 Å². The lowest BCUT2D eigenvalue weighted by molar-refractivity contribution is 0.0322. The Morgan fingerprint density at radius 3 is 2.62 bits per heavy atom. The van der Waals surface area contributed by atoms with E-state index in [1.807, 2.05) is 18.2 Å². The number of rotatable bonds is 4. The Hall–Kier alpha value is -2.30. The van der Waals surface area contributed by atoms with Crippen LogP contribution in [0.4, 0.5) is 14.5 Å². The van der Waals surface area contributed by atoms with E-state index in [9.17, 15) is 14.0 Å². The zero-order chi connectivity index (χ0) is 22.1. The fraction of sp³-hybridized carbons (Fsp3) is 0.600. The van der Waals surface area contributed by atoms with Gasteiger partial charge in [0.1, 0.15) is 6.07 Å². The molecule has 3 fully saturated rings. The van der Waals surface area contributed by atoms with E-state index >= 15 is 0 Å². The Morgan fingerprint density at radius 2 is 1.91 bits per heavy atom. The lowest BCUT2D eigenvalue weighted by atomic mass is 9.71. The fourth-order valence-electron chi connectivity index (χ4n) is 6.09. The number of pyridine rings is 1. The van der Waals surface area contributed by atoms with Crippen LogP contribution in [0.15, 0.2) is 30.5 Å². The van der Waals surface area contributed by atoms with Gasteiger partial charge in [0.15, 0.2) is 0 Å². The van der Waals surface area contributed by atoms with Gasteiger partial charge in [0.05, 0.1) is 11.1 Å². The normalized spacial score (nSPS) is 26.1. The number of halogens is 2. The number of hydrogen-bond donors (Lipinski definition) is 1. The van der Waals surface area contributed by atoms with Crippen molar-refractivity contribution in [2.75, 3.05) is 50.7 Å². The van der Waals surface area contributed by atoms with Crippen molar-refractivity contribution in [2.45, 2.75) is 32.1 Å². The van der Waals surface area contributed by atoms with Crippen molar-refractivity contribution in [3.63, 3.8) is 0 Å². The summed E-state index contributed by atoms with van der Waals surface area (Å²) in [7, 11) is 0. The predicted octanol–water partition coefficient (Wildman–Crippen LogP) is 3.89. The number of nitrogens with one attached hydrogen (secondary N) is 1. The number of fused-ring (bicyclic) bond motifs is 1. The minimum Gasteiger partial charge on any atom is -0.370 e. The molecule has 0 unspecified atom stereocenters. The van der Waals surface area contributed by atoms with Gasteiger partial charge in [0, 0.05) is 42.8 Å². The number of hydrogen-bond acceptors (Lipinski definition) is 5. The Morgan fingerprint density at radius 1 is 1.12 bits per heavy atom.